The third kappa shape index (κ3) is 5.38. The molecule has 3 aromatic rings. The number of amides is 1. The summed E-state index contributed by atoms with van der Waals surface area (Å²) in [6.07, 6.45) is 0. The lowest BCUT2D eigenvalue weighted by molar-refractivity contribution is 0.0526. The zero-order valence-electron chi connectivity index (χ0n) is 16.9. The van der Waals surface area contributed by atoms with Gasteiger partial charge in [-0.15, -0.1) is 0 Å². The van der Waals surface area contributed by atoms with Gasteiger partial charge in [-0.2, -0.15) is 0 Å². The fourth-order valence-electron chi connectivity index (χ4n) is 2.77. The number of hydrogen-bond donors (Lipinski definition) is 1. The largest absolute Gasteiger partial charge is 0.493 e. The average Bonchev–Trinajstić information content (AvgIpc) is 2.79. The van der Waals surface area contributed by atoms with Crippen LogP contribution in [0.25, 0.3) is 0 Å². The predicted octanol–water partition coefficient (Wildman–Crippen LogP) is 4.70. The fourth-order valence-corrected chi connectivity index (χ4v) is 2.77. The Bertz CT molecular complexity index is 1000. The summed E-state index contributed by atoms with van der Waals surface area (Å²) in [7, 11) is 1.53. The maximum absolute atomic E-state index is 12.6. The van der Waals surface area contributed by atoms with E-state index in [4.69, 9.17) is 14.2 Å². The number of hydrogen-bond acceptors (Lipinski definition) is 5. The molecular formula is C24H23NO5. The fraction of sp³-hybridized carbons (Fsp3) is 0.167. The van der Waals surface area contributed by atoms with Crippen LogP contribution in [0.2, 0.25) is 0 Å². The first-order valence-electron chi connectivity index (χ1n) is 9.54. The summed E-state index contributed by atoms with van der Waals surface area (Å²) in [6, 6.07) is 21.3. The van der Waals surface area contributed by atoms with Crippen molar-refractivity contribution in [3.05, 3.63) is 89.5 Å². The van der Waals surface area contributed by atoms with Crippen LogP contribution < -0.4 is 14.8 Å². The smallest absolute Gasteiger partial charge is 0.338 e. The van der Waals surface area contributed by atoms with E-state index in [0.717, 1.165) is 5.56 Å². The van der Waals surface area contributed by atoms with Crippen molar-refractivity contribution in [1.29, 1.82) is 0 Å². The summed E-state index contributed by atoms with van der Waals surface area (Å²) in [6.45, 7) is 2.46. The highest BCUT2D eigenvalue weighted by Gasteiger charge is 2.13. The van der Waals surface area contributed by atoms with Gasteiger partial charge in [0.15, 0.2) is 11.5 Å². The quantitative estimate of drug-likeness (QED) is 0.550. The second-order valence-electron chi connectivity index (χ2n) is 6.39. The van der Waals surface area contributed by atoms with E-state index in [2.05, 4.69) is 5.32 Å². The van der Waals surface area contributed by atoms with Crippen molar-refractivity contribution in [2.45, 2.75) is 13.5 Å². The molecule has 0 unspecified atom stereocenters. The lowest BCUT2D eigenvalue weighted by Gasteiger charge is -2.12. The molecule has 0 aliphatic rings. The molecule has 3 aromatic carbocycles. The van der Waals surface area contributed by atoms with E-state index in [1.54, 1.807) is 49.4 Å². The van der Waals surface area contributed by atoms with Crippen molar-refractivity contribution in [1.82, 2.24) is 0 Å². The molecular weight excluding hydrogens is 382 g/mol. The molecule has 0 spiro atoms. The normalized spacial score (nSPS) is 10.2. The van der Waals surface area contributed by atoms with Gasteiger partial charge >= 0.3 is 5.97 Å². The van der Waals surface area contributed by atoms with Crippen molar-refractivity contribution in [3.63, 3.8) is 0 Å². The van der Waals surface area contributed by atoms with Gasteiger partial charge < -0.3 is 19.5 Å². The molecule has 0 heterocycles. The van der Waals surface area contributed by atoms with Crippen LogP contribution in [-0.4, -0.2) is 25.6 Å². The molecule has 0 saturated carbocycles. The Labute approximate surface area is 175 Å². The molecule has 6 heteroatoms. The number of carbonyl (C=O) groups excluding carboxylic acids is 2. The van der Waals surface area contributed by atoms with E-state index >= 15 is 0 Å². The standard InChI is InChI=1S/C24H23NO5/c1-3-29-24(27)18-9-12-20(13-10-18)25-23(26)19-11-14-21(22(15-19)28-2)30-16-17-7-5-4-6-8-17/h4-15H,3,16H2,1-2H3,(H,25,26). The van der Waals surface area contributed by atoms with Crippen LogP contribution in [0.1, 0.15) is 33.2 Å². The van der Waals surface area contributed by atoms with Gasteiger partial charge in [-0.05, 0) is 55.0 Å². The summed E-state index contributed by atoms with van der Waals surface area (Å²) >= 11 is 0. The Kier molecular flexibility index (Phi) is 7.05. The molecule has 0 saturated heterocycles. The van der Waals surface area contributed by atoms with Crippen LogP contribution in [0.4, 0.5) is 5.69 Å². The molecule has 1 N–H and O–H groups in total. The van der Waals surface area contributed by atoms with Gasteiger partial charge in [-0.3, -0.25) is 4.79 Å². The van der Waals surface area contributed by atoms with Crippen LogP contribution in [-0.2, 0) is 11.3 Å². The van der Waals surface area contributed by atoms with Crippen molar-refractivity contribution < 1.29 is 23.8 Å². The molecule has 30 heavy (non-hydrogen) atoms. The van der Waals surface area contributed by atoms with E-state index in [1.165, 1.54) is 7.11 Å². The van der Waals surface area contributed by atoms with E-state index in [1.807, 2.05) is 30.3 Å². The maximum atomic E-state index is 12.6. The molecule has 1 amide bonds. The highest BCUT2D eigenvalue weighted by atomic mass is 16.5. The molecule has 6 nitrogen and oxygen atoms in total. The van der Waals surface area contributed by atoms with E-state index in [9.17, 15) is 9.59 Å². The van der Waals surface area contributed by atoms with E-state index in [0.29, 0.717) is 41.5 Å². The summed E-state index contributed by atoms with van der Waals surface area (Å²) in [5.41, 5.74) is 2.45. The second kappa shape index (κ2) is 10.1. The van der Waals surface area contributed by atoms with Gasteiger partial charge in [0.1, 0.15) is 6.61 Å². The van der Waals surface area contributed by atoms with Gasteiger partial charge in [-0.25, -0.2) is 4.79 Å². The Balaban J connectivity index is 1.66. The molecule has 0 aromatic heterocycles. The molecule has 0 bridgehead atoms. The number of methoxy groups -OCH3 is 1. The van der Waals surface area contributed by atoms with Gasteiger partial charge in [0.2, 0.25) is 0 Å². The van der Waals surface area contributed by atoms with Crippen LogP contribution in [0, 0.1) is 0 Å². The zero-order chi connectivity index (χ0) is 21.3. The Morgan fingerprint density at radius 3 is 2.23 bits per heavy atom. The molecule has 0 radical (unpaired) electrons. The van der Waals surface area contributed by atoms with Crippen molar-refractivity contribution in [3.8, 4) is 11.5 Å². The van der Waals surface area contributed by atoms with Gasteiger partial charge in [0.05, 0.1) is 19.3 Å². The second-order valence-corrected chi connectivity index (χ2v) is 6.39. The molecule has 0 aliphatic heterocycles. The van der Waals surface area contributed by atoms with Crippen molar-refractivity contribution >= 4 is 17.6 Å². The molecule has 3 rings (SSSR count). The Morgan fingerprint density at radius 2 is 1.57 bits per heavy atom. The lowest BCUT2D eigenvalue weighted by atomic mass is 10.1. The van der Waals surface area contributed by atoms with Crippen LogP contribution in [0.3, 0.4) is 0 Å². The number of anilines is 1. The number of esters is 1. The maximum Gasteiger partial charge on any atom is 0.338 e. The minimum Gasteiger partial charge on any atom is -0.493 e. The lowest BCUT2D eigenvalue weighted by Crippen LogP contribution is -2.12. The third-order valence-corrected chi connectivity index (χ3v) is 4.32. The number of carbonyl (C=O) groups is 2. The first-order valence-corrected chi connectivity index (χ1v) is 9.54. The summed E-state index contributed by atoms with van der Waals surface area (Å²) in [5, 5.41) is 2.80. The first kappa shape index (κ1) is 20.9. The topological polar surface area (TPSA) is 73.9 Å². The number of rotatable bonds is 8. The summed E-state index contributed by atoms with van der Waals surface area (Å²) < 4.78 is 16.2. The Morgan fingerprint density at radius 1 is 0.867 bits per heavy atom. The van der Waals surface area contributed by atoms with Crippen LogP contribution in [0.15, 0.2) is 72.8 Å². The van der Waals surface area contributed by atoms with E-state index < -0.39 is 5.97 Å². The molecule has 154 valence electrons. The van der Waals surface area contributed by atoms with Gasteiger partial charge in [0, 0.05) is 11.3 Å². The Hall–Kier alpha value is -3.80. The highest BCUT2D eigenvalue weighted by molar-refractivity contribution is 6.04. The number of ether oxygens (including phenoxy) is 3. The SMILES string of the molecule is CCOC(=O)c1ccc(NC(=O)c2ccc(OCc3ccccc3)c(OC)c2)cc1. The molecule has 0 atom stereocenters. The predicted molar refractivity (Wildman–Crippen MR) is 114 cm³/mol. The molecule has 0 fully saturated rings. The minimum atomic E-state index is -0.397. The number of benzene rings is 3. The van der Waals surface area contributed by atoms with Crippen molar-refractivity contribution in [2.75, 3.05) is 19.0 Å². The minimum absolute atomic E-state index is 0.299. The monoisotopic (exact) mass is 405 g/mol. The first-order chi connectivity index (χ1) is 14.6. The summed E-state index contributed by atoms with van der Waals surface area (Å²) in [4.78, 5) is 24.3. The van der Waals surface area contributed by atoms with Crippen LogP contribution >= 0.6 is 0 Å². The zero-order valence-corrected chi connectivity index (χ0v) is 16.9. The van der Waals surface area contributed by atoms with E-state index in [-0.39, 0.29) is 5.91 Å². The average molecular weight is 405 g/mol. The highest BCUT2D eigenvalue weighted by Crippen LogP contribution is 2.29. The van der Waals surface area contributed by atoms with Gasteiger partial charge in [-0.1, -0.05) is 30.3 Å². The third-order valence-electron chi connectivity index (χ3n) is 4.32. The van der Waals surface area contributed by atoms with Gasteiger partial charge in [0.25, 0.3) is 5.91 Å². The summed E-state index contributed by atoms with van der Waals surface area (Å²) in [5.74, 6) is 0.325. The molecule has 0 aliphatic carbocycles. The van der Waals surface area contributed by atoms with Crippen molar-refractivity contribution in [2.24, 2.45) is 0 Å². The number of nitrogens with one attached hydrogen (secondary N) is 1. The van der Waals surface area contributed by atoms with Crippen LogP contribution in [0.5, 0.6) is 11.5 Å².